The molecule has 0 saturated heterocycles. The number of rotatable bonds is 3. The van der Waals surface area contributed by atoms with Gasteiger partial charge in [-0.2, -0.15) is 0 Å². The highest BCUT2D eigenvalue weighted by molar-refractivity contribution is 5.92. The fourth-order valence-electron chi connectivity index (χ4n) is 8.21. The SMILES string of the molecule is CO[C@]1(/C(C)=N/O)[C@H](O)C[C@@H]2[C@H]3CC=C4C[C@@H](OC(C)=O)CC[C@]4(C)[C@@H]3CC[C@@]21C. The van der Waals surface area contributed by atoms with Gasteiger partial charge >= 0.3 is 5.97 Å². The van der Waals surface area contributed by atoms with E-state index in [-0.39, 0.29) is 22.9 Å². The van der Waals surface area contributed by atoms with E-state index in [0.29, 0.717) is 29.9 Å². The third-order valence-corrected chi connectivity index (χ3v) is 9.59. The number of ether oxygens (including phenoxy) is 2. The quantitative estimate of drug-likeness (QED) is 0.236. The van der Waals surface area contributed by atoms with Crippen LogP contribution in [0.4, 0.5) is 0 Å². The summed E-state index contributed by atoms with van der Waals surface area (Å²) in [7, 11) is 1.63. The first-order valence-corrected chi connectivity index (χ1v) is 11.4. The summed E-state index contributed by atoms with van der Waals surface area (Å²) in [6.45, 7) is 7.88. The molecule has 4 aliphatic carbocycles. The normalized spacial score (nSPS) is 48.3. The highest BCUT2D eigenvalue weighted by Gasteiger charge is 2.69. The van der Waals surface area contributed by atoms with Gasteiger partial charge in [-0.05, 0) is 68.6 Å². The van der Waals surface area contributed by atoms with Gasteiger partial charge in [0.2, 0.25) is 0 Å². The Bertz CT molecular complexity index is 778. The Morgan fingerprint density at radius 3 is 2.57 bits per heavy atom. The molecule has 4 rings (SSSR count). The van der Waals surface area contributed by atoms with E-state index in [9.17, 15) is 15.1 Å². The van der Waals surface area contributed by atoms with Crippen molar-refractivity contribution in [3.63, 3.8) is 0 Å². The fraction of sp³-hybridized carbons (Fsp3) is 0.833. The maximum atomic E-state index is 11.4. The van der Waals surface area contributed by atoms with Crippen molar-refractivity contribution in [3.05, 3.63) is 11.6 Å². The zero-order valence-electron chi connectivity index (χ0n) is 19.0. The van der Waals surface area contributed by atoms with Crippen molar-refractivity contribution in [3.8, 4) is 0 Å². The van der Waals surface area contributed by atoms with E-state index in [4.69, 9.17) is 9.47 Å². The first-order chi connectivity index (χ1) is 14.1. The summed E-state index contributed by atoms with van der Waals surface area (Å²) >= 11 is 0. The summed E-state index contributed by atoms with van der Waals surface area (Å²) in [6.07, 6.45) is 8.20. The number of esters is 1. The van der Waals surface area contributed by atoms with Gasteiger partial charge < -0.3 is 19.8 Å². The molecular weight excluding hydrogens is 382 g/mol. The van der Waals surface area contributed by atoms with Gasteiger partial charge in [-0.15, -0.1) is 0 Å². The predicted octanol–water partition coefficient (Wildman–Crippen LogP) is 4.09. The third kappa shape index (κ3) is 2.75. The lowest BCUT2D eigenvalue weighted by molar-refractivity contribution is -0.149. The van der Waals surface area contributed by atoms with Gasteiger partial charge in [0.25, 0.3) is 0 Å². The van der Waals surface area contributed by atoms with Crippen LogP contribution in [0, 0.1) is 28.6 Å². The summed E-state index contributed by atoms with van der Waals surface area (Å²) in [6, 6.07) is 0. The molecule has 0 radical (unpaired) electrons. The molecule has 168 valence electrons. The molecule has 6 heteroatoms. The number of hydrogen-bond acceptors (Lipinski definition) is 6. The minimum Gasteiger partial charge on any atom is -0.462 e. The molecular formula is C24H37NO5. The average Bonchev–Trinajstić information content (AvgIpc) is 2.94. The van der Waals surface area contributed by atoms with Crippen molar-refractivity contribution in [1.82, 2.24) is 0 Å². The van der Waals surface area contributed by atoms with Crippen molar-refractivity contribution in [2.24, 2.45) is 33.7 Å². The average molecular weight is 420 g/mol. The third-order valence-electron chi connectivity index (χ3n) is 9.59. The molecule has 8 atom stereocenters. The molecule has 30 heavy (non-hydrogen) atoms. The number of methoxy groups -OCH3 is 1. The van der Waals surface area contributed by atoms with Gasteiger partial charge in [0.1, 0.15) is 11.7 Å². The maximum absolute atomic E-state index is 11.4. The van der Waals surface area contributed by atoms with Gasteiger partial charge in [-0.3, -0.25) is 4.79 Å². The number of aliphatic hydroxyl groups excluding tert-OH is 1. The highest BCUT2D eigenvalue weighted by atomic mass is 16.5. The Hall–Kier alpha value is -1.40. The predicted molar refractivity (Wildman–Crippen MR) is 113 cm³/mol. The first-order valence-electron chi connectivity index (χ1n) is 11.4. The summed E-state index contributed by atoms with van der Waals surface area (Å²) in [5, 5.41) is 24.2. The smallest absolute Gasteiger partial charge is 0.302 e. The van der Waals surface area contributed by atoms with E-state index in [1.807, 2.05) is 0 Å². The highest BCUT2D eigenvalue weighted by Crippen LogP contribution is 2.68. The van der Waals surface area contributed by atoms with Crippen molar-refractivity contribution < 1.29 is 24.6 Å². The van der Waals surface area contributed by atoms with Gasteiger partial charge in [0, 0.05) is 25.9 Å². The van der Waals surface area contributed by atoms with Gasteiger partial charge in [-0.25, -0.2) is 0 Å². The van der Waals surface area contributed by atoms with Crippen LogP contribution in [-0.4, -0.2) is 46.9 Å². The Labute approximate surface area is 179 Å². The Balaban J connectivity index is 1.66. The monoisotopic (exact) mass is 419 g/mol. The van der Waals surface area contributed by atoms with Gasteiger partial charge in [-0.1, -0.05) is 30.7 Å². The molecule has 6 nitrogen and oxygen atoms in total. The zero-order valence-corrected chi connectivity index (χ0v) is 19.0. The molecule has 0 aromatic rings. The van der Waals surface area contributed by atoms with Crippen LogP contribution in [0.5, 0.6) is 0 Å². The summed E-state index contributed by atoms with van der Waals surface area (Å²) in [4.78, 5) is 11.4. The number of hydrogen-bond donors (Lipinski definition) is 2. The van der Waals surface area contributed by atoms with E-state index in [0.717, 1.165) is 38.5 Å². The minimum absolute atomic E-state index is 0.00471. The molecule has 4 aliphatic rings. The van der Waals surface area contributed by atoms with Crippen LogP contribution >= 0.6 is 0 Å². The standard InChI is InChI=1S/C24H37NO5/c1-14(25-28)24(29-5)21(27)13-20-18-7-6-16-12-17(30-15(2)26)8-10-22(16,3)19(18)9-11-23(20,24)4/h6,17-21,27-28H,7-13H2,1-5H3/b25-14+/t17-,18-,19+,20+,21+,22-,23-,24+/m0/s1. The lowest BCUT2D eigenvalue weighted by Gasteiger charge is -2.59. The fourth-order valence-corrected chi connectivity index (χ4v) is 8.21. The van der Waals surface area contributed by atoms with E-state index in [1.165, 1.54) is 12.5 Å². The number of aliphatic hydroxyl groups is 1. The Kier molecular flexibility index (Phi) is 5.33. The Morgan fingerprint density at radius 2 is 1.93 bits per heavy atom. The molecule has 0 heterocycles. The molecule has 0 aliphatic heterocycles. The zero-order chi connectivity index (χ0) is 21.9. The number of carbonyl (C=O) groups is 1. The van der Waals surface area contributed by atoms with Crippen LogP contribution in [0.2, 0.25) is 0 Å². The summed E-state index contributed by atoms with van der Waals surface area (Å²) in [5.41, 5.74) is 0.852. The maximum Gasteiger partial charge on any atom is 0.302 e. The molecule has 0 aromatic carbocycles. The van der Waals surface area contributed by atoms with E-state index in [1.54, 1.807) is 14.0 Å². The van der Waals surface area contributed by atoms with E-state index >= 15 is 0 Å². The molecule has 0 amide bonds. The molecule has 3 fully saturated rings. The summed E-state index contributed by atoms with van der Waals surface area (Å²) in [5.74, 6) is 1.15. The lowest BCUT2D eigenvalue weighted by atomic mass is 9.46. The topological polar surface area (TPSA) is 88.3 Å². The number of allylic oxidation sites excluding steroid dienone is 1. The van der Waals surface area contributed by atoms with E-state index < -0.39 is 11.7 Å². The van der Waals surface area contributed by atoms with Gasteiger partial charge in [0.15, 0.2) is 0 Å². The second kappa shape index (κ2) is 7.33. The largest absolute Gasteiger partial charge is 0.462 e. The molecule has 0 bridgehead atoms. The summed E-state index contributed by atoms with van der Waals surface area (Å²) < 4.78 is 11.5. The molecule has 0 unspecified atom stereocenters. The van der Waals surface area contributed by atoms with Crippen LogP contribution in [-0.2, 0) is 14.3 Å². The van der Waals surface area contributed by atoms with Crippen molar-refractivity contribution in [1.29, 1.82) is 0 Å². The lowest BCUT2D eigenvalue weighted by Crippen LogP contribution is -2.60. The molecule has 3 saturated carbocycles. The van der Waals surface area contributed by atoms with Crippen LogP contribution in [0.3, 0.4) is 0 Å². The van der Waals surface area contributed by atoms with Gasteiger partial charge in [0.05, 0.1) is 11.8 Å². The Morgan fingerprint density at radius 1 is 1.20 bits per heavy atom. The second-order valence-electron chi connectivity index (χ2n) is 10.6. The van der Waals surface area contributed by atoms with Crippen molar-refractivity contribution in [2.75, 3.05) is 7.11 Å². The van der Waals surface area contributed by atoms with Crippen molar-refractivity contribution in [2.45, 2.75) is 90.4 Å². The van der Waals surface area contributed by atoms with Crippen molar-refractivity contribution >= 4 is 11.7 Å². The first kappa shape index (κ1) is 21.8. The molecule has 2 N–H and O–H groups in total. The number of carbonyl (C=O) groups excluding carboxylic acids is 1. The van der Waals surface area contributed by atoms with Crippen LogP contribution in [0.15, 0.2) is 16.8 Å². The molecule has 0 spiro atoms. The van der Waals surface area contributed by atoms with Crippen LogP contribution < -0.4 is 0 Å². The second-order valence-corrected chi connectivity index (χ2v) is 10.6. The number of nitrogens with zero attached hydrogens (tertiary/aromatic N) is 1. The van der Waals surface area contributed by atoms with Crippen LogP contribution in [0.1, 0.15) is 72.6 Å². The van der Waals surface area contributed by atoms with E-state index in [2.05, 4.69) is 25.1 Å². The van der Waals surface area contributed by atoms with Crippen LogP contribution in [0.25, 0.3) is 0 Å². The number of fused-ring (bicyclic) bond motifs is 5. The number of oxime groups is 1. The molecule has 0 aromatic heterocycles. The minimum atomic E-state index is -0.935.